The molecule has 0 spiro atoms. The molecule has 0 radical (unpaired) electrons. The van der Waals surface area contributed by atoms with Gasteiger partial charge >= 0.3 is 0 Å². The molecule has 1 aromatic heterocycles. The van der Waals surface area contributed by atoms with Gasteiger partial charge in [-0.3, -0.25) is 4.90 Å². The van der Waals surface area contributed by atoms with E-state index in [2.05, 4.69) is 28.3 Å². The van der Waals surface area contributed by atoms with Crippen LogP contribution in [0.2, 0.25) is 0 Å². The molecule has 4 heteroatoms. The van der Waals surface area contributed by atoms with Crippen LogP contribution in [0.15, 0.2) is 12.5 Å². The first-order valence-electron chi connectivity index (χ1n) is 4.96. The quantitative estimate of drug-likeness (QED) is 0.782. The van der Waals surface area contributed by atoms with Gasteiger partial charge in [-0.2, -0.15) is 0 Å². The summed E-state index contributed by atoms with van der Waals surface area (Å²) in [5.41, 5.74) is 6.94. The number of nitrogens with two attached hydrogens (primary N) is 1. The molecule has 80 valence electrons. The smallest absolute Gasteiger partial charge is 0.0951 e. The first kappa shape index (κ1) is 11.2. The fraction of sp³-hybridized carbons (Fsp3) is 0.700. The van der Waals surface area contributed by atoms with Crippen molar-refractivity contribution in [3.8, 4) is 0 Å². The number of rotatable bonds is 4. The highest BCUT2D eigenvalue weighted by Crippen LogP contribution is 2.19. The molecule has 0 fully saturated rings. The summed E-state index contributed by atoms with van der Waals surface area (Å²) in [5.74, 6) is 0. The highest BCUT2D eigenvalue weighted by atomic mass is 15.2. The van der Waals surface area contributed by atoms with Crippen LogP contribution in [0.5, 0.6) is 0 Å². The Labute approximate surface area is 85.7 Å². The van der Waals surface area contributed by atoms with Crippen molar-refractivity contribution in [1.29, 1.82) is 0 Å². The molecule has 0 aliphatic carbocycles. The van der Waals surface area contributed by atoms with Gasteiger partial charge in [0.1, 0.15) is 0 Å². The molecule has 0 aliphatic rings. The van der Waals surface area contributed by atoms with Gasteiger partial charge in [-0.1, -0.05) is 0 Å². The fourth-order valence-corrected chi connectivity index (χ4v) is 1.60. The summed E-state index contributed by atoms with van der Waals surface area (Å²) >= 11 is 0. The van der Waals surface area contributed by atoms with Crippen molar-refractivity contribution >= 4 is 0 Å². The van der Waals surface area contributed by atoms with Crippen LogP contribution in [0.3, 0.4) is 0 Å². The monoisotopic (exact) mass is 196 g/mol. The second kappa shape index (κ2) is 4.57. The Balaban J connectivity index is 2.97. The maximum Gasteiger partial charge on any atom is 0.0951 e. The van der Waals surface area contributed by atoms with Gasteiger partial charge in [0.05, 0.1) is 18.1 Å². The lowest BCUT2D eigenvalue weighted by molar-refractivity contribution is 0.289. The summed E-state index contributed by atoms with van der Waals surface area (Å²) in [7, 11) is 4.07. The van der Waals surface area contributed by atoms with Crippen LogP contribution < -0.4 is 5.73 Å². The van der Waals surface area contributed by atoms with Gasteiger partial charge < -0.3 is 10.3 Å². The maximum atomic E-state index is 5.75. The molecule has 0 bridgehead atoms. The predicted octanol–water partition coefficient (Wildman–Crippen LogP) is 1.03. The van der Waals surface area contributed by atoms with Crippen molar-refractivity contribution in [2.75, 3.05) is 20.6 Å². The summed E-state index contributed by atoms with van der Waals surface area (Å²) in [5, 5.41) is 0. The second-order valence-electron chi connectivity index (χ2n) is 4.03. The average molecular weight is 196 g/mol. The first-order chi connectivity index (χ1) is 6.57. The van der Waals surface area contributed by atoms with Gasteiger partial charge in [-0.15, -0.1) is 0 Å². The van der Waals surface area contributed by atoms with Gasteiger partial charge in [-0.05, 0) is 27.9 Å². The van der Waals surface area contributed by atoms with Crippen LogP contribution >= 0.6 is 0 Å². The van der Waals surface area contributed by atoms with Crippen molar-refractivity contribution in [1.82, 2.24) is 14.5 Å². The SMILES string of the molecule is CC(C)n1cncc1C(CN)N(C)C. The van der Waals surface area contributed by atoms with E-state index in [1.165, 1.54) is 5.69 Å². The second-order valence-corrected chi connectivity index (χ2v) is 4.03. The Bertz CT molecular complexity index is 277. The van der Waals surface area contributed by atoms with Crippen LogP contribution in [0, 0.1) is 0 Å². The lowest BCUT2D eigenvalue weighted by Crippen LogP contribution is -2.29. The Morgan fingerprint density at radius 3 is 2.57 bits per heavy atom. The topological polar surface area (TPSA) is 47.1 Å². The average Bonchev–Trinajstić information content (AvgIpc) is 2.53. The lowest BCUT2D eigenvalue weighted by Gasteiger charge is -2.25. The molecule has 1 atom stereocenters. The van der Waals surface area contributed by atoms with Gasteiger partial charge in [0.25, 0.3) is 0 Å². The van der Waals surface area contributed by atoms with Gasteiger partial charge in [-0.25, -0.2) is 4.98 Å². The normalized spacial score (nSPS) is 13.9. The van der Waals surface area contributed by atoms with E-state index in [1.807, 2.05) is 26.6 Å². The zero-order valence-corrected chi connectivity index (χ0v) is 9.44. The predicted molar refractivity (Wildman–Crippen MR) is 58.1 cm³/mol. The van der Waals surface area contributed by atoms with E-state index in [0.717, 1.165) is 0 Å². The van der Waals surface area contributed by atoms with Crippen LogP contribution in [-0.4, -0.2) is 35.1 Å². The zero-order valence-electron chi connectivity index (χ0n) is 9.44. The number of hydrogen-bond acceptors (Lipinski definition) is 3. The Morgan fingerprint density at radius 1 is 1.50 bits per heavy atom. The van der Waals surface area contributed by atoms with E-state index in [9.17, 15) is 0 Å². The Kier molecular flexibility index (Phi) is 3.66. The van der Waals surface area contributed by atoms with Crippen molar-refractivity contribution < 1.29 is 0 Å². The van der Waals surface area contributed by atoms with Crippen LogP contribution in [0.25, 0.3) is 0 Å². The Hall–Kier alpha value is -0.870. The molecule has 0 saturated heterocycles. The first-order valence-corrected chi connectivity index (χ1v) is 4.96. The molecule has 1 aromatic rings. The third-order valence-electron chi connectivity index (χ3n) is 2.44. The van der Waals surface area contributed by atoms with E-state index in [0.29, 0.717) is 12.6 Å². The van der Waals surface area contributed by atoms with E-state index in [4.69, 9.17) is 5.73 Å². The van der Waals surface area contributed by atoms with E-state index >= 15 is 0 Å². The molecule has 0 aromatic carbocycles. The van der Waals surface area contributed by atoms with Crippen LogP contribution in [-0.2, 0) is 0 Å². The molecule has 1 unspecified atom stereocenters. The third-order valence-corrected chi connectivity index (χ3v) is 2.44. The minimum Gasteiger partial charge on any atom is -0.331 e. The molecule has 2 N–H and O–H groups in total. The van der Waals surface area contributed by atoms with Crippen molar-refractivity contribution in [3.63, 3.8) is 0 Å². The van der Waals surface area contributed by atoms with E-state index < -0.39 is 0 Å². The van der Waals surface area contributed by atoms with E-state index in [-0.39, 0.29) is 6.04 Å². The minimum absolute atomic E-state index is 0.250. The van der Waals surface area contributed by atoms with Gasteiger partial charge in [0, 0.05) is 18.8 Å². The molecule has 0 amide bonds. The summed E-state index contributed by atoms with van der Waals surface area (Å²) in [4.78, 5) is 6.30. The summed E-state index contributed by atoms with van der Waals surface area (Å²) in [6.45, 7) is 4.91. The molecule has 1 heterocycles. The molecule has 14 heavy (non-hydrogen) atoms. The summed E-state index contributed by atoms with van der Waals surface area (Å²) in [6, 6.07) is 0.682. The van der Waals surface area contributed by atoms with Crippen molar-refractivity contribution in [2.45, 2.75) is 25.9 Å². The molecule has 1 rings (SSSR count). The standard InChI is InChI=1S/C10H20N4/c1-8(2)14-7-12-6-10(14)9(5-11)13(3)4/h6-9H,5,11H2,1-4H3. The molecule has 0 saturated carbocycles. The van der Waals surface area contributed by atoms with Gasteiger partial charge in [0.15, 0.2) is 0 Å². The number of aromatic nitrogens is 2. The largest absolute Gasteiger partial charge is 0.331 e. The maximum absolute atomic E-state index is 5.75. The van der Waals surface area contributed by atoms with Crippen LogP contribution in [0.4, 0.5) is 0 Å². The highest BCUT2D eigenvalue weighted by Gasteiger charge is 2.17. The third kappa shape index (κ3) is 2.13. The molecule has 4 nitrogen and oxygen atoms in total. The molecular weight excluding hydrogens is 176 g/mol. The van der Waals surface area contributed by atoms with Crippen molar-refractivity contribution in [2.24, 2.45) is 5.73 Å². The number of imidazole rings is 1. The highest BCUT2D eigenvalue weighted by molar-refractivity contribution is 5.07. The van der Waals surface area contributed by atoms with E-state index in [1.54, 1.807) is 0 Å². The summed E-state index contributed by atoms with van der Waals surface area (Å²) < 4.78 is 2.16. The van der Waals surface area contributed by atoms with Crippen LogP contribution in [0.1, 0.15) is 31.6 Å². The van der Waals surface area contributed by atoms with Gasteiger partial charge in [0.2, 0.25) is 0 Å². The summed E-state index contributed by atoms with van der Waals surface area (Å²) in [6.07, 6.45) is 3.77. The number of nitrogens with zero attached hydrogens (tertiary/aromatic N) is 3. The molecular formula is C10H20N4. The fourth-order valence-electron chi connectivity index (χ4n) is 1.60. The molecule has 0 aliphatic heterocycles. The van der Waals surface area contributed by atoms with Crippen molar-refractivity contribution in [3.05, 3.63) is 18.2 Å². The Morgan fingerprint density at radius 2 is 2.14 bits per heavy atom. The number of hydrogen-bond donors (Lipinski definition) is 1. The minimum atomic E-state index is 0.250. The lowest BCUT2D eigenvalue weighted by atomic mass is 10.2. The number of likely N-dealkylation sites (N-methyl/N-ethyl adjacent to an activating group) is 1. The zero-order chi connectivity index (χ0) is 10.7.